The SMILES string of the molecule is CO[C@@H]1C=C[C@@H](OC)[C@H](N)[C@H]1N. The van der Waals surface area contributed by atoms with Crippen molar-refractivity contribution in [2.24, 2.45) is 11.5 Å². The van der Waals surface area contributed by atoms with Crippen molar-refractivity contribution in [1.82, 2.24) is 0 Å². The van der Waals surface area contributed by atoms with Gasteiger partial charge in [-0.25, -0.2) is 0 Å². The highest BCUT2D eigenvalue weighted by Gasteiger charge is 2.31. The quantitative estimate of drug-likeness (QED) is 0.537. The summed E-state index contributed by atoms with van der Waals surface area (Å²) in [5, 5.41) is 0. The van der Waals surface area contributed by atoms with Gasteiger partial charge in [0.1, 0.15) is 0 Å². The molecule has 4 N–H and O–H groups in total. The van der Waals surface area contributed by atoms with E-state index in [2.05, 4.69) is 0 Å². The maximum atomic E-state index is 5.82. The molecule has 4 atom stereocenters. The molecule has 0 heterocycles. The van der Waals surface area contributed by atoms with Crippen LogP contribution in [-0.2, 0) is 9.47 Å². The third-order valence-corrected chi connectivity index (χ3v) is 2.24. The Hall–Kier alpha value is -0.420. The van der Waals surface area contributed by atoms with Crippen LogP contribution < -0.4 is 11.5 Å². The molecular formula is C8H16N2O2. The smallest absolute Gasteiger partial charge is 0.0920 e. The van der Waals surface area contributed by atoms with Crippen LogP contribution in [0.1, 0.15) is 0 Å². The molecule has 4 nitrogen and oxygen atoms in total. The van der Waals surface area contributed by atoms with Crippen molar-refractivity contribution in [3.8, 4) is 0 Å². The average Bonchev–Trinajstić information content (AvgIpc) is 2.10. The van der Waals surface area contributed by atoms with Crippen molar-refractivity contribution >= 4 is 0 Å². The zero-order valence-electron chi connectivity index (χ0n) is 7.44. The summed E-state index contributed by atoms with van der Waals surface area (Å²) in [6, 6.07) is -0.380. The standard InChI is InChI=1S/C8H16N2O2/c1-11-5-3-4-6(12-2)8(10)7(5)9/h3-8H,9-10H2,1-2H3/t5-,6-,7+,8+/m1/s1. The summed E-state index contributed by atoms with van der Waals surface area (Å²) >= 11 is 0. The fourth-order valence-corrected chi connectivity index (χ4v) is 1.39. The molecule has 12 heavy (non-hydrogen) atoms. The first-order chi connectivity index (χ1) is 5.70. The molecule has 0 aliphatic heterocycles. The molecule has 0 bridgehead atoms. The predicted octanol–water partition coefficient (Wildman–Crippen LogP) is -0.759. The Morgan fingerprint density at radius 1 is 0.917 bits per heavy atom. The van der Waals surface area contributed by atoms with Gasteiger partial charge in [0, 0.05) is 14.2 Å². The Morgan fingerprint density at radius 2 is 1.25 bits per heavy atom. The van der Waals surface area contributed by atoms with Crippen molar-refractivity contribution in [3.05, 3.63) is 12.2 Å². The zero-order valence-corrected chi connectivity index (χ0v) is 7.44. The third-order valence-electron chi connectivity index (χ3n) is 2.24. The Kier molecular flexibility index (Phi) is 3.22. The van der Waals surface area contributed by atoms with E-state index < -0.39 is 0 Å². The molecular weight excluding hydrogens is 156 g/mol. The van der Waals surface area contributed by atoms with Crippen LogP contribution in [0.3, 0.4) is 0 Å². The van der Waals surface area contributed by atoms with Crippen molar-refractivity contribution < 1.29 is 9.47 Å². The summed E-state index contributed by atoms with van der Waals surface area (Å²) in [5.74, 6) is 0. The van der Waals surface area contributed by atoms with Crippen LogP contribution in [0.25, 0.3) is 0 Å². The van der Waals surface area contributed by atoms with Crippen LogP contribution >= 0.6 is 0 Å². The number of nitrogens with two attached hydrogens (primary N) is 2. The van der Waals surface area contributed by atoms with Gasteiger partial charge in [-0.15, -0.1) is 0 Å². The van der Waals surface area contributed by atoms with Crippen molar-refractivity contribution in [2.75, 3.05) is 14.2 Å². The van der Waals surface area contributed by atoms with E-state index >= 15 is 0 Å². The topological polar surface area (TPSA) is 70.5 Å². The van der Waals surface area contributed by atoms with E-state index in [9.17, 15) is 0 Å². The lowest BCUT2D eigenvalue weighted by Gasteiger charge is -2.33. The number of rotatable bonds is 2. The van der Waals surface area contributed by atoms with Gasteiger partial charge in [0.2, 0.25) is 0 Å². The first kappa shape index (κ1) is 9.67. The van der Waals surface area contributed by atoms with Crippen LogP contribution in [0.4, 0.5) is 0 Å². The molecule has 0 saturated heterocycles. The summed E-state index contributed by atoms with van der Waals surface area (Å²) in [5.41, 5.74) is 11.6. The second kappa shape index (κ2) is 4.00. The number of hydrogen-bond donors (Lipinski definition) is 2. The molecule has 1 rings (SSSR count). The van der Waals surface area contributed by atoms with Gasteiger partial charge in [-0.1, -0.05) is 12.2 Å². The van der Waals surface area contributed by atoms with Crippen LogP contribution in [0.15, 0.2) is 12.2 Å². The minimum atomic E-state index is -0.190. The van der Waals surface area contributed by atoms with E-state index in [0.29, 0.717) is 0 Å². The minimum absolute atomic E-state index is 0.0913. The van der Waals surface area contributed by atoms with Crippen molar-refractivity contribution in [3.63, 3.8) is 0 Å². The maximum Gasteiger partial charge on any atom is 0.0920 e. The summed E-state index contributed by atoms with van der Waals surface area (Å²) in [6.45, 7) is 0. The highest BCUT2D eigenvalue weighted by Crippen LogP contribution is 2.14. The van der Waals surface area contributed by atoms with Crippen LogP contribution in [0.2, 0.25) is 0 Å². The average molecular weight is 172 g/mol. The first-order valence-electron chi connectivity index (χ1n) is 3.95. The van der Waals surface area contributed by atoms with E-state index in [1.165, 1.54) is 0 Å². The number of hydrogen-bond acceptors (Lipinski definition) is 4. The molecule has 0 spiro atoms. The highest BCUT2D eigenvalue weighted by molar-refractivity contribution is 5.11. The predicted molar refractivity (Wildman–Crippen MR) is 46.7 cm³/mol. The minimum Gasteiger partial charge on any atom is -0.376 e. The number of ether oxygens (including phenoxy) is 2. The summed E-state index contributed by atoms with van der Waals surface area (Å²) in [7, 11) is 3.24. The van der Waals surface area contributed by atoms with Gasteiger partial charge in [-0.05, 0) is 0 Å². The summed E-state index contributed by atoms with van der Waals surface area (Å²) in [6.07, 6.45) is 3.60. The monoisotopic (exact) mass is 172 g/mol. The molecule has 0 saturated carbocycles. The maximum absolute atomic E-state index is 5.82. The van der Waals surface area contributed by atoms with E-state index in [1.54, 1.807) is 14.2 Å². The van der Waals surface area contributed by atoms with Gasteiger partial charge in [-0.2, -0.15) is 0 Å². The molecule has 4 heteroatoms. The fourth-order valence-electron chi connectivity index (χ4n) is 1.39. The molecule has 0 radical (unpaired) electrons. The fraction of sp³-hybridized carbons (Fsp3) is 0.750. The van der Waals surface area contributed by atoms with Gasteiger partial charge in [0.15, 0.2) is 0 Å². The van der Waals surface area contributed by atoms with E-state index in [4.69, 9.17) is 20.9 Å². The molecule has 0 amide bonds. The second-order valence-electron chi connectivity index (χ2n) is 2.94. The third kappa shape index (κ3) is 1.67. The Balaban J connectivity index is 2.68. The summed E-state index contributed by atoms with van der Waals surface area (Å²) in [4.78, 5) is 0. The lowest BCUT2D eigenvalue weighted by molar-refractivity contribution is 0.0510. The molecule has 1 aliphatic rings. The molecule has 1 aliphatic carbocycles. The first-order valence-corrected chi connectivity index (χ1v) is 3.95. The molecule has 0 aromatic heterocycles. The molecule has 70 valence electrons. The van der Waals surface area contributed by atoms with Crippen molar-refractivity contribution in [1.29, 1.82) is 0 Å². The Morgan fingerprint density at radius 3 is 1.50 bits per heavy atom. The van der Waals surface area contributed by atoms with E-state index in [-0.39, 0.29) is 24.3 Å². The molecule has 0 aromatic carbocycles. The molecule has 0 unspecified atom stereocenters. The van der Waals surface area contributed by atoms with Gasteiger partial charge in [0.05, 0.1) is 24.3 Å². The van der Waals surface area contributed by atoms with E-state index in [1.807, 2.05) is 12.2 Å². The lowest BCUT2D eigenvalue weighted by atomic mass is 9.92. The summed E-state index contributed by atoms with van der Waals surface area (Å²) < 4.78 is 10.2. The van der Waals surface area contributed by atoms with Gasteiger partial charge < -0.3 is 20.9 Å². The largest absolute Gasteiger partial charge is 0.376 e. The zero-order chi connectivity index (χ0) is 9.14. The van der Waals surface area contributed by atoms with Gasteiger partial charge in [-0.3, -0.25) is 0 Å². The molecule has 0 aromatic rings. The van der Waals surface area contributed by atoms with Gasteiger partial charge >= 0.3 is 0 Å². The van der Waals surface area contributed by atoms with Crippen LogP contribution in [0.5, 0.6) is 0 Å². The number of methoxy groups -OCH3 is 2. The van der Waals surface area contributed by atoms with Crippen LogP contribution in [-0.4, -0.2) is 38.5 Å². The highest BCUT2D eigenvalue weighted by atomic mass is 16.5. The Bertz CT molecular complexity index is 154. The van der Waals surface area contributed by atoms with Crippen LogP contribution in [0, 0.1) is 0 Å². The normalized spacial score (nSPS) is 41.7. The van der Waals surface area contributed by atoms with Crippen molar-refractivity contribution in [2.45, 2.75) is 24.3 Å². The second-order valence-corrected chi connectivity index (χ2v) is 2.94. The lowest BCUT2D eigenvalue weighted by Crippen LogP contribution is -2.57. The van der Waals surface area contributed by atoms with Gasteiger partial charge in [0.25, 0.3) is 0 Å². The van der Waals surface area contributed by atoms with E-state index in [0.717, 1.165) is 0 Å². The molecule has 0 fully saturated rings. The Labute approximate surface area is 72.5 Å².